The van der Waals surface area contributed by atoms with Gasteiger partial charge in [0.25, 0.3) is 6.43 Å². The van der Waals surface area contributed by atoms with Gasteiger partial charge in [0.2, 0.25) is 0 Å². The Morgan fingerprint density at radius 2 is 1.89 bits per heavy atom. The predicted molar refractivity (Wildman–Crippen MR) is 64.6 cm³/mol. The van der Waals surface area contributed by atoms with Crippen LogP contribution in [0.25, 0.3) is 0 Å². The first-order valence-corrected chi connectivity index (χ1v) is 6.07. The summed E-state index contributed by atoms with van der Waals surface area (Å²) in [6.07, 6.45) is -1.17. The molecule has 0 bridgehead atoms. The number of likely N-dealkylation sites (N-methyl/N-ethyl adjacent to an activating group) is 1. The van der Waals surface area contributed by atoms with Crippen molar-refractivity contribution < 1.29 is 18.3 Å². The van der Waals surface area contributed by atoms with E-state index in [-0.39, 0.29) is 5.56 Å². The van der Waals surface area contributed by atoms with Gasteiger partial charge in [0.1, 0.15) is 0 Å². The zero-order valence-corrected chi connectivity index (χ0v) is 10.3. The third-order valence-corrected chi connectivity index (χ3v) is 2.89. The molecule has 0 saturated carbocycles. The summed E-state index contributed by atoms with van der Waals surface area (Å²) in [6.45, 7) is 1.72. The van der Waals surface area contributed by atoms with Gasteiger partial charge in [-0.05, 0) is 37.7 Å². The molecule has 5 heteroatoms. The highest BCUT2D eigenvalue weighted by Gasteiger charge is 2.19. The SMILES string of the molecule is CNCCc1cc2c(cc1C(F)F)OCCCO2. The van der Waals surface area contributed by atoms with E-state index in [2.05, 4.69) is 5.32 Å². The summed E-state index contributed by atoms with van der Waals surface area (Å²) in [6, 6.07) is 3.09. The van der Waals surface area contributed by atoms with E-state index in [9.17, 15) is 8.78 Å². The Morgan fingerprint density at radius 1 is 1.22 bits per heavy atom. The molecule has 0 aliphatic carbocycles. The molecule has 0 amide bonds. The molecule has 1 aromatic rings. The van der Waals surface area contributed by atoms with Gasteiger partial charge in [0.15, 0.2) is 11.5 Å². The largest absolute Gasteiger partial charge is 0.490 e. The van der Waals surface area contributed by atoms with Crippen LogP contribution >= 0.6 is 0 Å². The molecule has 1 heterocycles. The van der Waals surface area contributed by atoms with E-state index in [1.807, 2.05) is 0 Å². The smallest absolute Gasteiger partial charge is 0.264 e. The average molecular weight is 257 g/mol. The highest BCUT2D eigenvalue weighted by Crippen LogP contribution is 2.36. The molecule has 1 aliphatic heterocycles. The van der Waals surface area contributed by atoms with E-state index in [0.717, 1.165) is 6.42 Å². The lowest BCUT2D eigenvalue weighted by molar-refractivity contribution is 0.149. The van der Waals surface area contributed by atoms with Gasteiger partial charge in [0, 0.05) is 12.0 Å². The van der Waals surface area contributed by atoms with E-state index < -0.39 is 6.43 Å². The molecule has 0 spiro atoms. The highest BCUT2D eigenvalue weighted by atomic mass is 19.3. The van der Waals surface area contributed by atoms with Crippen LogP contribution in [0.2, 0.25) is 0 Å². The lowest BCUT2D eigenvalue weighted by Crippen LogP contribution is -2.12. The minimum absolute atomic E-state index is 0.0366. The molecule has 0 atom stereocenters. The van der Waals surface area contributed by atoms with Crippen LogP contribution < -0.4 is 14.8 Å². The molecule has 1 N–H and O–H groups in total. The normalized spacial score (nSPS) is 14.7. The van der Waals surface area contributed by atoms with E-state index in [4.69, 9.17) is 9.47 Å². The number of benzene rings is 1. The summed E-state index contributed by atoms with van der Waals surface area (Å²) in [4.78, 5) is 0. The Balaban J connectivity index is 2.34. The van der Waals surface area contributed by atoms with Crippen molar-refractivity contribution >= 4 is 0 Å². The molecule has 1 aromatic carbocycles. The summed E-state index contributed by atoms with van der Waals surface area (Å²) in [5.74, 6) is 0.999. The number of rotatable bonds is 4. The van der Waals surface area contributed by atoms with Crippen molar-refractivity contribution in [1.29, 1.82) is 0 Å². The van der Waals surface area contributed by atoms with Gasteiger partial charge in [0.05, 0.1) is 13.2 Å². The molecule has 0 aromatic heterocycles. The van der Waals surface area contributed by atoms with Crippen molar-refractivity contribution in [3.8, 4) is 11.5 Å². The topological polar surface area (TPSA) is 30.5 Å². The minimum atomic E-state index is -2.49. The maximum atomic E-state index is 13.0. The van der Waals surface area contributed by atoms with Gasteiger partial charge in [-0.2, -0.15) is 0 Å². The fourth-order valence-electron chi connectivity index (χ4n) is 1.95. The molecule has 0 radical (unpaired) electrons. The number of ether oxygens (including phenoxy) is 2. The molecule has 0 fully saturated rings. The lowest BCUT2D eigenvalue weighted by Gasteiger charge is -2.14. The first-order chi connectivity index (χ1) is 8.72. The lowest BCUT2D eigenvalue weighted by atomic mass is 10.0. The predicted octanol–water partition coefficient (Wildman–Crippen LogP) is 2.55. The van der Waals surface area contributed by atoms with Crippen molar-refractivity contribution in [3.05, 3.63) is 23.3 Å². The zero-order valence-electron chi connectivity index (χ0n) is 10.3. The number of fused-ring (bicyclic) bond motifs is 1. The molecular formula is C13H17F2NO2. The molecule has 3 nitrogen and oxygen atoms in total. The second-order valence-corrected chi connectivity index (χ2v) is 4.20. The number of hydrogen-bond acceptors (Lipinski definition) is 3. The maximum Gasteiger partial charge on any atom is 0.264 e. The van der Waals surface area contributed by atoms with Crippen LogP contribution in [0.3, 0.4) is 0 Å². The quantitative estimate of drug-likeness (QED) is 0.899. The van der Waals surface area contributed by atoms with Crippen molar-refractivity contribution in [2.45, 2.75) is 19.3 Å². The molecule has 18 heavy (non-hydrogen) atoms. The molecule has 2 rings (SSSR count). The van der Waals surface area contributed by atoms with Gasteiger partial charge in [-0.25, -0.2) is 8.78 Å². The fraction of sp³-hybridized carbons (Fsp3) is 0.538. The minimum Gasteiger partial charge on any atom is -0.490 e. The van der Waals surface area contributed by atoms with Crippen LogP contribution in [-0.2, 0) is 6.42 Å². The van der Waals surface area contributed by atoms with E-state index in [1.165, 1.54) is 6.07 Å². The number of halogens is 2. The monoisotopic (exact) mass is 257 g/mol. The first kappa shape index (κ1) is 13.1. The average Bonchev–Trinajstić information content (AvgIpc) is 2.59. The van der Waals surface area contributed by atoms with Gasteiger partial charge >= 0.3 is 0 Å². The summed E-state index contributed by atoms with van der Waals surface area (Å²) >= 11 is 0. The molecular weight excluding hydrogens is 240 g/mol. The van der Waals surface area contributed by atoms with Crippen LogP contribution in [0.1, 0.15) is 24.0 Å². The third kappa shape index (κ3) is 2.90. The summed E-state index contributed by atoms with van der Waals surface area (Å²) in [5, 5.41) is 2.96. The van der Waals surface area contributed by atoms with Gasteiger partial charge < -0.3 is 14.8 Å². The molecule has 0 saturated heterocycles. The van der Waals surface area contributed by atoms with Crippen LogP contribution in [0, 0.1) is 0 Å². The number of hydrogen-bond donors (Lipinski definition) is 1. The molecule has 0 unspecified atom stereocenters. The standard InChI is InChI=1S/C13H17F2NO2/c1-16-4-3-9-7-11-12(8-10(9)13(14)15)18-6-2-5-17-11/h7-8,13,16H,2-6H2,1H3. The van der Waals surface area contributed by atoms with Gasteiger partial charge in [-0.3, -0.25) is 0 Å². The first-order valence-electron chi connectivity index (χ1n) is 6.07. The second kappa shape index (κ2) is 6.00. The van der Waals surface area contributed by atoms with Crippen molar-refractivity contribution in [3.63, 3.8) is 0 Å². The van der Waals surface area contributed by atoms with Crippen molar-refractivity contribution in [2.75, 3.05) is 26.8 Å². The van der Waals surface area contributed by atoms with Gasteiger partial charge in [-0.15, -0.1) is 0 Å². The third-order valence-electron chi connectivity index (χ3n) is 2.89. The molecule has 1 aliphatic rings. The van der Waals surface area contributed by atoms with Crippen molar-refractivity contribution in [2.24, 2.45) is 0 Å². The van der Waals surface area contributed by atoms with Crippen LogP contribution in [0.4, 0.5) is 8.78 Å². The highest BCUT2D eigenvalue weighted by molar-refractivity contribution is 5.48. The van der Waals surface area contributed by atoms with Gasteiger partial charge in [-0.1, -0.05) is 0 Å². The number of nitrogens with one attached hydrogen (secondary N) is 1. The van der Waals surface area contributed by atoms with Crippen LogP contribution in [0.15, 0.2) is 12.1 Å². The van der Waals surface area contributed by atoms with Crippen LogP contribution in [0.5, 0.6) is 11.5 Å². The Kier molecular flexibility index (Phi) is 4.36. The van der Waals surface area contributed by atoms with E-state index in [0.29, 0.717) is 43.2 Å². The number of alkyl halides is 2. The molecule has 100 valence electrons. The second-order valence-electron chi connectivity index (χ2n) is 4.20. The Labute approximate surface area is 105 Å². The van der Waals surface area contributed by atoms with Crippen LogP contribution in [-0.4, -0.2) is 26.8 Å². The maximum absolute atomic E-state index is 13.0. The van der Waals surface area contributed by atoms with Crippen molar-refractivity contribution in [1.82, 2.24) is 5.32 Å². The summed E-state index contributed by atoms with van der Waals surface area (Å²) in [7, 11) is 1.80. The summed E-state index contributed by atoms with van der Waals surface area (Å²) < 4.78 is 37.0. The Hall–Kier alpha value is -1.36. The Morgan fingerprint density at radius 3 is 2.50 bits per heavy atom. The fourth-order valence-corrected chi connectivity index (χ4v) is 1.95. The summed E-state index contributed by atoms with van der Waals surface area (Å²) in [5.41, 5.74) is 0.651. The van der Waals surface area contributed by atoms with E-state index >= 15 is 0 Å². The zero-order chi connectivity index (χ0) is 13.0. The van der Waals surface area contributed by atoms with E-state index in [1.54, 1.807) is 13.1 Å². The Bertz CT molecular complexity index is 410.